The Hall–Kier alpha value is -1.52. The van der Waals surface area contributed by atoms with E-state index >= 15 is 0 Å². The third-order valence-electron chi connectivity index (χ3n) is 3.90. The molecule has 1 aromatic heterocycles. The van der Waals surface area contributed by atoms with Gasteiger partial charge in [-0.15, -0.1) is 0 Å². The highest BCUT2D eigenvalue weighted by atomic mass is 35.5. The van der Waals surface area contributed by atoms with E-state index in [9.17, 15) is 4.79 Å². The van der Waals surface area contributed by atoms with E-state index < -0.39 is 0 Å². The second kappa shape index (κ2) is 6.96. The van der Waals surface area contributed by atoms with Crippen molar-refractivity contribution in [1.82, 2.24) is 14.8 Å². The van der Waals surface area contributed by atoms with E-state index in [4.69, 9.17) is 11.6 Å². The van der Waals surface area contributed by atoms with E-state index in [0.29, 0.717) is 10.7 Å². The van der Waals surface area contributed by atoms with Crippen LogP contribution in [0.3, 0.4) is 0 Å². The number of aromatic nitrogens is 1. The van der Waals surface area contributed by atoms with E-state index in [2.05, 4.69) is 24.1 Å². The number of fused-ring (bicyclic) bond motifs is 1. The van der Waals surface area contributed by atoms with Gasteiger partial charge in [0, 0.05) is 25.5 Å². The number of hydrogen-bond acceptors (Lipinski definition) is 2. The maximum atomic E-state index is 12.1. The predicted octanol–water partition coefficient (Wildman–Crippen LogP) is 3.00. The van der Waals surface area contributed by atoms with Crippen LogP contribution in [-0.4, -0.2) is 42.1 Å². The average molecular weight is 308 g/mol. The number of hydrogen-bond donors (Lipinski definition) is 1. The largest absolute Gasteiger partial charge is 0.355 e. The summed E-state index contributed by atoms with van der Waals surface area (Å²) in [7, 11) is 1.63. The summed E-state index contributed by atoms with van der Waals surface area (Å²) in [5.41, 5.74) is 1.57. The molecule has 2 rings (SSSR count). The number of nitrogens with one attached hydrogen (secondary N) is 1. The van der Waals surface area contributed by atoms with E-state index in [1.807, 2.05) is 28.8 Å². The van der Waals surface area contributed by atoms with Crippen LogP contribution in [0.2, 0.25) is 5.15 Å². The highest BCUT2D eigenvalue weighted by Gasteiger charge is 2.20. The molecule has 0 saturated carbocycles. The van der Waals surface area contributed by atoms with Gasteiger partial charge in [0.2, 0.25) is 0 Å². The van der Waals surface area contributed by atoms with Crippen LogP contribution in [0.1, 0.15) is 24.2 Å². The zero-order valence-electron chi connectivity index (χ0n) is 12.8. The summed E-state index contributed by atoms with van der Waals surface area (Å²) < 4.78 is 2.03. The predicted molar refractivity (Wildman–Crippen MR) is 88.1 cm³/mol. The van der Waals surface area contributed by atoms with Crippen molar-refractivity contribution in [3.8, 4) is 0 Å². The minimum Gasteiger partial charge on any atom is -0.355 e. The Balaban J connectivity index is 2.44. The number of nitrogens with zero attached hydrogens (tertiary/aromatic N) is 2. The SMILES string of the molecule is CCN(CC)CCn1c(Cl)c(C(=O)NC)c2ccccc21. The highest BCUT2D eigenvalue weighted by molar-refractivity contribution is 6.35. The topological polar surface area (TPSA) is 37.3 Å². The van der Waals surface area contributed by atoms with Gasteiger partial charge in [-0.3, -0.25) is 4.79 Å². The molecule has 1 N–H and O–H groups in total. The zero-order chi connectivity index (χ0) is 15.4. The van der Waals surface area contributed by atoms with Crippen LogP contribution < -0.4 is 5.32 Å². The minimum absolute atomic E-state index is 0.141. The van der Waals surface area contributed by atoms with Gasteiger partial charge < -0.3 is 14.8 Å². The van der Waals surface area contributed by atoms with Crippen molar-refractivity contribution in [1.29, 1.82) is 0 Å². The van der Waals surface area contributed by atoms with E-state index in [-0.39, 0.29) is 5.91 Å². The lowest BCUT2D eigenvalue weighted by Crippen LogP contribution is -2.27. The molecule has 0 unspecified atom stereocenters. The molecule has 0 spiro atoms. The molecule has 1 heterocycles. The molecule has 21 heavy (non-hydrogen) atoms. The lowest BCUT2D eigenvalue weighted by Gasteiger charge is -2.19. The second-order valence-electron chi connectivity index (χ2n) is 4.94. The highest BCUT2D eigenvalue weighted by Crippen LogP contribution is 2.30. The van der Waals surface area contributed by atoms with Gasteiger partial charge in [0.15, 0.2) is 0 Å². The van der Waals surface area contributed by atoms with Crippen molar-refractivity contribution in [2.24, 2.45) is 0 Å². The van der Waals surface area contributed by atoms with Crippen LogP contribution in [0.4, 0.5) is 0 Å². The molecule has 0 radical (unpaired) electrons. The number of amides is 1. The Kier molecular flexibility index (Phi) is 5.26. The van der Waals surface area contributed by atoms with Gasteiger partial charge in [-0.1, -0.05) is 43.6 Å². The molecule has 1 amide bonds. The number of para-hydroxylation sites is 1. The Bertz CT molecular complexity index is 632. The van der Waals surface area contributed by atoms with Crippen molar-refractivity contribution in [2.75, 3.05) is 26.7 Å². The molecule has 114 valence electrons. The summed E-state index contributed by atoms with van der Waals surface area (Å²) in [5, 5.41) is 4.09. The van der Waals surface area contributed by atoms with Crippen LogP contribution >= 0.6 is 11.6 Å². The molecule has 0 atom stereocenters. The molecular formula is C16H22ClN3O. The van der Waals surface area contributed by atoms with E-state index in [0.717, 1.165) is 37.1 Å². The zero-order valence-corrected chi connectivity index (χ0v) is 13.6. The fourth-order valence-corrected chi connectivity index (χ4v) is 2.98. The summed E-state index contributed by atoms with van der Waals surface area (Å²) in [6.45, 7) is 8.01. The number of likely N-dealkylation sites (N-methyl/N-ethyl adjacent to an activating group) is 1. The molecule has 0 aliphatic carbocycles. The lowest BCUT2D eigenvalue weighted by atomic mass is 10.1. The number of carbonyl (C=O) groups is 1. The number of halogens is 1. The summed E-state index contributed by atoms with van der Waals surface area (Å²) in [6, 6.07) is 7.86. The Morgan fingerprint density at radius 3 is 2.57 bits per heavy atom. The van der Waals surface area contributed by atoms with Crippen LogP contribution in [0.25, 0.3) is 10.9 Å². The van der Waals surface area contributed by atoms with E-state index in [1.165, 1.54) is 0 Å². The number of carbonyl (C=O) groups excluding carboxylic acids is 1. The van der Waals surface area contributed by atoms with E-state index in [1.54, 1.807) is 7.05 Å². The molecule has 5 heteroatoms. The Morgan fingerprint density at radius 1 is 1.29 bits per heavy atom. The molecular weight excluding hydrogens is 286 g/mol. The maximum Gasteiger partial charge on any atom is 0.254 e. The van der Waals surface area contributed by atoms with Crippen LogP contribution in [0.5, 0.6) is 0 Å². The fraction of sp³-hybridized carbons (Fsp3) is 0.438. The average Bonchev–Trinajstić information content (AvgIpc) is 2.80. The Morgan fingerprint density at radius 2 is 1.95 bits per heavy atom. The van der Waals surface area contributed by atoms with Crippen molar-refractivity contribution in [2.45, 2.75) is 20.4 Å². The molecule has 1 aromatic carbocycles. The molecule has 2 aromatic rings. The standard InChI is InChI=1S/C16H22ClN3O/c1-4-19(5-2)10-11-20-13-9-7-6-8-12(13)14(15(20)17)16(21)18-3/h6-9H,4-5,10-11H2,1-3H3,(H,18,21). The van der Waals surface area contributed by atoms with Crippen LogP contribution in [0.15, 0.2) is 24.3 Å². The number of rotatable bonds is 6. The normalized spacial score (nSPS) is 11.3. The summed E-state index contributed by atoms with van der Waals surface area (Å²) >= 11 is 6.48. The summed E-state index contributed by atoms with van der Waals surface area (Å²) in [6.07, 6.45) is 0. The van der Waals surface area contributed by atoms with Gasteiger partial charge in [0.25, 0.3) is 5.91 Å². The smallest absolute Gasteiger partial charge is 0.254 e. The quantitative estimate of drug-likeness (QED) is 0.891. The second-order valence-corrected chi connectivity index (χ2v) is 5.30. The first-order valence-corrected chi connectivity index (χ1v) is 7.72. The molecule has 0 aliphatic rings. The monoisotopic (exact) mass is 307 g/mol. The molecule has 4 nitrogen and oxygen atoms in total. The van der Waals surface area contributed by atoms with Gasteiger partial charge in [-0.25, -0.2) is 0 Å². The molecule has 0 fully saturated rings. The molecule has 0 bridgehead atoms. The third kappa shape index (κ3) is 3.06. The molecule has 0 saturated heterocycles. The van der Waals surface area contributed by atoms with Gasteiger partial charge in [0.05, 0.1) is 11.1 Å². The van der Waals surface area contributed by atoms with Gasteiger partial charge in [-0.2, -0.15) is 0 Å². The first-order chi connectivity index (χ1) is 10.1. The van der Waals surface area contributed by atoms with Crippen molar-refractivity contribution in [3.63, 3.8) is 0 Å². The molecule has 0 aliphatic heterocycles. The lowest BCUT2D eigenvalue weighted by molar-refractivity contribution is 0.0964. The van der Waals surface area contributed by atoms with Crippen molar-refractivity contribution >= 4 is 28.4 Å². The summed E-state index contributed by atoms with van der Waals surface area (Å²) in [4.78, 5) is 14.4. The van der Waals surface area contributed by atoms with Gasteiger partial charge in [0.1, 0.15) is 5.15 Å². The Labute approximate surface area is 130 Å². The van der Waals surface area contributed by atoms with Crippen molar-refractivity contribution in [3.05, 3.63) is 35.0 Å². The third-order valence-corrected chi connectivity index (χ3v) is 4.29. The fourth-order valence-electron chi connectivity index (χ4n) is 2.61. The van der Waals surface area contributed by atoms with Crippen molar-refractivity contribution < 1.29 is 4.79 Å². The minimum atomic E-state index is -0.141. The van der Waals surface area contributed by atoms with Crippen LogP contribution in [-0.2, 0) is 6.54 Å². The van der Waals surface area contributed by atoms with Gasteiger partial charge >= 0.3 is 0 Å². The van der Waals surface area contributed by atoms with Gasteiger partial charge in [-0.05, 0) is 19.2 Å². The first kappa shape index (κ1) is 15.9. The first-order valence-electron chi connectivity index (χ1n) is 7.35. The number of benzene rings is 1. The van der Waals surface area contributed by atoms with Crippen LogP contribution in [0, 0.1) is 0 Å². The maximum absolute atomic E-state index is 12.1. The summed E-state index contributed by atoms with van der Waals surface area (Å²) in [5.74, 6) is -0.141.